The Morgan fingerprint density at radius 2 is 1.75 bits per heavy atom. The van der Waals surface area contributed by atoms with Crippen molar-refractivity contribution in [1.82, 2.24) is 5.43 Å². The van der Waals surface area contributed by atoms with Gasteiger partial charge in [-0.1, -0.05) is 18.2 Å². The van der Waals surface area contributed by atoms with Gasteiger partial charge in [0.25, 0.3) is 0 Å². The van der Waals surface area contributed by atoms with Gasteiger partial charge >= 0.3 is 0 Å². The van der Waals surface area contributed by atoms with Gasteiger partial charge in [0.15, 0.2) is 0 Å². The summed E-state index contributed by atoms with van der Waals surface area (Å²) >= 11 is 0. The molecule has 4 heteroatoms. The summed E-state index contributed by atoms with van der Waals surface area (Å²) in [4.78, 5) is 2.14. The van der Waals surface area contributed by atoms with Crippen molar-refractivity contribution in [3.05, 3.63) is 60.3 Å². The predicted molar refractivity (Wildman–Crippen MR) is 82.6 cm³/mol. The molecule has 2 aromatic carbocycles. The van der Waals surface area contributed by atoms with E-state index in [2.05, 4.69) is 34.9 Å². The van der Waals surface area contributed by atoms with Crippen LogP contribution in [-0.2, 0) is 0 Å². The van der Waals surface area contributed by atoms with Crippen LogP contribution in [0.25, 0.3) is 5.70 Å². The Morgan fingerprint density at radius 1 is 1.00 bits per heavy atom. The first kappa shape index (κ1) is 12.4. The number of para-hydroxylation sites is 1. The molecule has 1 aliphatic rings. The van der Waals surface area contributed by atoms with E-state index in [0.29, 0.717) is 0 Å². The molecule has 0 aliphatic carbocycles. The second kappa shape index (κ2) is 5.17. The third kappa shape index (κ3) is 2.16. The standard InChI is InChI=1S/C16H17N3O/c1-19(12-7-9-13(20-2)10-8-12)16-11-17-18-15-6-4-3-5-14(15)16/h3-11,17-18H,1-2H3. The van der Waals surface area contributed by atoms with Gasteiger partial charge in [0.2, 0.25) is 0 Å². The fraction of sp³-hybridized carbons (Fsp3) is 0.125. The van der Waals surface area contributed by atoms with Crippen molar-refractivity contribution in [2.75, 3.05) is 24.5 Å². The van der Waals surface area contributed by atoms with Gasteiger partial charge < -0.3 is 20.5 Å². The summed E-state index contributed by atoms with van der Waals surface area (Å²) in [6, 6.07) is 16.2. The molecule has 0 aromatic heterocycles. The van der Waals surface area contributed by atoms with Gasteiger partial charge in [0, 0.05) is 24.5 Å². The van der Waals surface area contributed by atoms with Gasteiger partial charge in [-0.2, -0.15) is 0 Å². The van der Waals surface area contributed by atoms with Gasteiger partial charge in [-0.25, -0.2) is 0 Å². The van der Waals surface area contributed by atoms with Gasteiger partial charge in [0.05, 0.1) is 18.5 Å². The minimum Gasteiger partial charge on any atom is -0.497 e. The second-order valence-electron chi connectivity index (χ2n) is 4.60. The quantitative estimate of drug-likeness (QED) is 0.896. The van der Waals surface area contributed by atoms with E-state index in [1.807, 2.05) is 42.6 Å². The fourth-order valence-electron chi connectivity index (χ4n) is 2.30. The number of hydrogen-bond donors (Lipinski definition) is 2. The van der Waals surface area contributed by atoms with Crippen LogP contribution in [0.1, 0.15) is 5.56 Å². The van der Waals surface area contributed by atoms with Crippen molar-refractivity contribution in [1.29, 1.82) is 0 Å². The first-order chi connectivity index (χ1) is 9.79. The summed E-state index contributed by atoms with van der Waals surface area (Å²) in [7, 11) is 3.73. The van der Waals surface area contributed by atoms with Crippen LogP contribution in [0.15, 0.2) is 54.7 Å². The van der Waals surface area contributed by atoms with E-state index in [4.69, 9.17) is 4.74 Å². The van der Waals surface area contributed by atoms with Gasteiger partial charge in [-0.05, 0) is 30.3 Å². The highest BCUT2D eigenvalue weighted by Gasteiger charge is 2.16. The smallest absolute Gasteiger partial charge is 0.119 e. The molecule has 0 unspecified atom stereocenters. The molecule has 2 N–H and O–H groups in total. The number of nitrogens with zero attached hydrogens (tertiary/aromatic N) is 1. The third-order valence-corrected chi connectivity index (χ3v) is 3.44. The highest BCUT2D eigenvalue weighted by Crippen LogP contribution is 2.31. The summed E-state index contributed by atoms with van der Waals surface area (Å²) < 4.78 is 5.20. The second-order valence-corrected chi connectivity index (χ2v) is 4.60. The largest absolute Gasteiger partial charge is 0.497 e. The molecule has 0 saturated heterocycles. The van der Waals surface area contributed by atoms with E-state index in [1.54, 1.807) is 7.11 Å². The number of methoxy groups -OCH3 is 1. The molecular weight excluding hydrogens is 250 g/mol. The van der Waals surface area contributed by atoms with Crippen LogP contribution in [0.5, 0.6) is 5.75 Å². The molecule has 0 bridgehead atoms. The molecular formula is C16H17N3O. The normalized spacial score (nSPS) is 12.6. The Bertz CT molecular complexity index is 634. The third-order valence-electron chi connectivity index (χ3n) is 3.44. The Hall–Kier alpha value is -2.62. The van der Waals surface area contributed by atoms with Crippen molar-refractivity contribution in [2.24, 2.45) is 0 Å². The Balaban J connectivity index is 1.93. The van der Waals surface area contributed by atoms with Crippen molar-refractivity contribution >= 4 is 17.1 Å². The number of anilines is 2. The minimum absolute atomic E-state index is 0.861. The molecule has 1 aliphatic heterocycles. The van der Waals surface area contributed by atoms with Gasteiger partial charge in [-0.3, -0.25) is 0 Å². The molecule has 0 spiro atoms. The molecule has 0 amide bonds. The molecule has 2 aromatic rings. The lowest BCUT2D eigenvalue weighted by atomic mass is 10.1. The van der Waals surface area contributed by atoms with Crippen molar-refractivity contribution in [3.8, 4) is 5.75 Å². The molecule has 1 heterocycles. The highest BCUT2D eigenvalue weighted by atomic mass is 16.5. The lowest BCUT2D eigenvalue weighted by Gasteiger charge is -2.28. The summed E-state index contributed by atoms with van der Waals surface area (Å²) in [6.07, 6.45) is 1.96. The summed E-state index contributed by atoms with van der Waals surface area (Å²) in [5.74, 6) is 0.861. The number of ether oxygens (including phenoxy) is 1. The molecule has 102 valence electrons. The Kier molecular flexibility index (Phi) is 3.21. The van der Waals surface area contributed by atoms with Crippen LogP contribution in [0.4, 0.5) is 11.4 Å². The van der Waals surface area contributed by atoms with Crippen LogP contribution in [0, 0.1) is 0 Å². The number of fused-ring (bicyclic) bond motifs is 1. The van der Waals surface area contributed by atoms with E-state index >= 15 is 0 Å². The minimum atomic E-state index is 0.861. The van der Waals surface area contributed by atoms with E-state index < -0.39 is 0 Å². The van der Waals surface area contributed by atoms with Crippen molar-refractivity contribution in [2.45, 2.75) is 0 Å². The SMILES string of the molecule is COc1ccc(N(C)C2=CNNc3ccccc32)cc1. The van der Waals surface area contributed by atoms with Crippen LogP contribution in [0.3, 0.4) is 0 Å². The van der Waals surface area contributed by atoms with E-state index in [1.165, 1.54) is 5.56 Å². The highest BCUT2D eigenvalue weighted by molar-refractivity contribution is 5.86. The lowest BCUT2D eigenvalue weighted by molar-refractivity contribution is 0.415. The summed E-state index contributed by atoms with van der Waals surface area (Å²) in [5.41, 5.74) is 10.7. The zero-order chi connectivity index (χ0) is 13.9. The molecule has 3 rings (SSSR count). The Labute approximate surface area is 118 Å². The number of rotatable bonds is 3. The number of benzene rings is 2. The molecule has 0 saturated carbocycles. The number of hydrazine groups is 1. The lowest BCUT2D eigenvalue weighted by Crippen LogP contribution is -2.26. The van der Waals surface area contributed by atoms with E-state index in [0.717, 1.165) is 22.8 Å². The summed E-state index contributed by atoms with van der Waals surface area (Å²) in [5, 5.41) is 0. The average molecular weight is 267 g/mol. The maximum Gasteiger partial charge on any atom is 0.119 e. The van der Waals surface area contributed by atoms with Crippen LogP contribution < -0.4 is 20.5 Å². The van der Waals surface area contributed by atoms with Crippen molar-refractivity contribution < 1.29 is 4.74 Å². The molecule has 0 radical (unpaired) electrons. The number of hydrogen-bond acceptors (Lipinski definition) is 4. The fourth-order valence-corrected chi connectivity index (χ4v) is 2.30. The number of nitrogens with one attached hydrogen (secondary N) is 2. The molecule has 4 nitrogen and oxygen atoms in total. The Morgan fingerprint density at radius 3 is 2.50 bits per heavy atom. The van der Waals surface area contributed by atoms with Crippen LogP contribution >= 0.6 is 0 Å². The maximum absolute atomic E-state index is 5.20. The predicted octanol–water partition coefficient (Wildman–Crippen LogP) is 3.06. The van der Waals surface area contributed by atoms with Crippen molar-refractivity contribution in [3.63, 3.8) is 0 Å². The van der Waals surface area contributed by atoms with Crippen LogP contribution in [-0.4, -0.2) is 14.2 Å². The maximum atomic E-state index is 5.20. The van der Waals surface area contributed by atoms with Crippen LogP contribution in [0.2, 0.25) is 0 Å². The topological polar surface area (TPSA) is 36.5 Å². The molecule has 20 heavy (non-hydrogen) atoms. The molecule has 0 atom stereocenters. The van der Waals surface area contributed by atoms with E-state index in [-0.39, 0.29) is 0 Å². The zero-order valence-electron chi connectivity index (χ0n) is 11.6. The molecule has 0 fully saturated rings. The monoisotopic (exact) mass is 267 g/mol. The average Bonchev–Trinajstić information content (AvgIpc) is 2.54. The van der Waals surface area contributed by atoms with Gasteiger partial charge in [0.1, 0.15) is 5.75 Å². The first-order valence-corrected chi connectivity index (χ1v) is 6.48. The zero-order valence-corrected chi connectivity index (χ0v) is 11.6. The summed E-state index contributed by atoms with van der Waals surface area (Å²) in [6.45, 7) is 0. The van der Waals surface area contributed by atoms with Gasteiger partial charge in [-0.15, -0.1) is 0 Å². The first-order valence-electron chi connectivity index (χ1n) is 6.48. The van der Waals surface area contributed by atoms with E-state index in [9.17, 15) is 0 Å².